The fraction of sp³-hybridized carbons (Fsp3) is 0.541. The van der Waals surface area contributed by atoms with E-state index in [9.17, 15) is 0 Å². The van der Waals surface area contributed by atoms with E-state index in [1.54, 1.807) is 6.20 Å². The van der Waals surface area contributed by atoms with E-state index in [0.717, 1.165) is 59.1 Å². The number of aryl methyl sites for hydroxylation is 1. The Morgan fingerprint density at radius 1 is 1.24 bits per heavy atom. The molecule has 1 aliphatic rings. The van der Waals surface area contributed by atoms with E-state index < -0.39 is 5.41 Å². The van der Waals surface area contributed by atoms with Gasteiger partial charge in [-0.1, -0.05) is 67.5 Å². The molecule has 0 aromatic carbocycles. The number of nitrogens with one attached hydrogen (secondary N) is 4. The molecule has 2 unspecified atom stereocenters. The number of allylic oxidation sites excluding steroid dienone is 1. The summed E-state index contributed by atoms with van der Waals surface area (Å²) >= 11 is 0. The highest BCUT2D eigenvalue weighted by Gasteiger charge is 2.33. The summed E-state index contributed by atoms with van der Waals surface area (Å²) in [4.78, 5) is 11.8. The molecule has 0 saturated carbocycles. The van der Waals surface area contributed by atoms with Gasteiger partial charge in [-0.25, -0.2) is 0 Å². The molecule has 45 heavy (non-hydrogen) atoms. The van der Waals surface area contributed by atoms with E-state index in [0.29, 0.717) is 18.7 Å². The van der Waals surface area contributed by atoms with Gasteiger partial charge in [0.2, 0.25) is 0 Å². The van der Waals surface area contributed by atoms with Crippen molar-refractivity contribution in [3.63, 3.8) is 0 Å². The second-order valence-corrected chi connectivity index (χ2v) is 11.3. The monoisotopic (exact) mass is 623 g/mol. The maximum atomic E-state index is 8.01. The summed E-state index contributed by atoms with van der Waals surface area (Å²) in [5.74, 6) is 0.187. The predicted molar refractivity (Wildman–Crippen MR) is 202 cm³/mol. The van der Waals surface area contributed by atoms with Crippen LogP contribution in [0.15, 0.2) is 71.1 Å². The topological polar surface area (TPSA) is 114 Å². The first kappa shape index (κ1) is 41.3. The zero-order valence-electron chi connectivity index (χ0n) is 28.7. The van der Waals surface area contributed by atoms with Crippen LogP contribution in [0, 0.1) is 23.7 Å². The Hall–Kier alpha value is -3.67. The van der Waals surface area contributed by atoms with Gasteiger partial charge in [0.1, 0.15) is 0 Å². The van der Waals surface area contributed by atoms with E-state index in [-0.39, 0.29) is 16.2 Å². The summed E-state index contributed by atoms with van der Waals surface area (Å²) < 4.78 is 0. The van der Waals surface area contributed by atoms with Crippen LogP contribution in [0.4, 0.5) is 5.69 Å². The molecule has 0 radical (unpaired) electrons. The van der Waals surface area contributed by atoms with Gasteiger partial charge in [-0.05, 0) is 64.9 Å². The van der Waals surface area contributed by atoms with E-state index >= 15 is 0 Å². The molecule has 0 spiro atoms. The standard InChI is InChI=1S/C34H52N8.C2H6.CH4.2H2/c1-9-12-13-14-16-42(8)17-15-38-30(10-2)27-19-32(26(5)39-21-27)41-31(11-3)28(20-35)33-18-25(4)29(22-40-33)34(6,23-36)24-37-7;1-2;;;/h19-23,25,36-38,41H,2-3,9,12-18,24,35H2,1,4-8H3;1-2H3;1H4;2*1H/b28-20-,36-23?;;;;. The van der Waals surface area contributed by atoms with E-state index in [1.165, 1.54) is 31.9 Å². The molecule has 8 nitrogen and oxygen atoms in total. The van der Waals surface area contributed by atoms with Crippen LogP contribution in [0.3, 0.4) is 0 Å². The van der Waals surface area contributed by atoms with Crippen molar-refractivity contribution in [3.8, 4) is 0 Å². The summed E-state index contributed by atoms with van der Waals surface area (Å²) in [6.07, 6.45) is 12.5. The van der Waals surface area contributed by atoms with Gasteiger partial charge >= 0.3 is 0 Å². The number of nitrogens with zero attached hydrogens (tertiary/aromatic N) is 3. The number of pyridine rings is 1. The minimum atomic E-state index is -0.400. The summed E-state index contributed by atoms with van der Waals surface area (Å²) in [5.41, 5.74) is 18.5. The fourth-order valence-electron chi connectivity index (χ4n) is 5.24. The van der Waals surface area contributed by atoms with Crippen LogP contribution in [-0.4, -0.2) is 62.1 Å². The SMILES string of the molecule is C.C=C=C(Nc1cc(C(=C=C)NCCN(C)CCCCCC)cnc1C)/C(=C/N)C1=NC=C(C(C)(C=N)CNC)C(C)C1.CC.[HH].[HH]. The molecule has 0 saturated heterocycles. The van der Waals surface area contributed by atoms with Gasteiger partial charge in [-0.3, -0.25) is 9.98 Å². The van der Waals surface area contributed by atoms with Crippen LogP contribution >= 0.6 is 0 Å². The lowest BCUT2D eigenvalue weighted by molar-refractivity contribution is 0.328. The fourth-order valence-corrected chi connectivity index (χ4v) is 5.24. The van der Waals surface area contributed by atoms with Crippen LogP contribution in [-0.2, 0) is 0 Å². The predicted octanol–water partition coefficient (Wildman–Crippen LogP) is 7.94. The molecule has 2 rings (SSSR count). The molecule has 1 aromatic heterocycles. The molecule has 1 aliphatic heterocycles. The number of unbranched alkanes of at least 4 members (excludes halogenated alkanes) is 3. The van der Waals surface area contributed by atoms with Crippen molar-refractivity contribution in [1.29, 1.82) is 5.41 Å². The van der Waals surface area contributed by atoms with E-state index in [4.69, 9.17) is 16.1 Å². The lowest BCUT2D eigenvalue weighted by Gasteiger charge is -2.34. The maximum Gasteiger partial charge on any atom is 0.0919 e. The Bertz CT molecular complexity index is 1270. The Morgan fingerprint density at radius 3 is 2.51 bits per heavy atom. The molecule has 0 aliphatic carbocycles. The van der Waals surface area contributed by atoms with Crippen LogP contribution < -0.4 is 21.7 Å². The summed E-state index contributed by atoms with van der Waals surface area (Å²) in [6.45, 7) is 23.7. The van der Waals surface area contributed by atoms with Crippen molar-refractivity contribution in [1.82, 2.24) is 20.5 Å². The molecular weight excluding hydrogens is 556 g/mol. The Balaban J connectivity index is -0.00000379. The lowest BCUT2D eigenvalue weighted by atomic mass is 9.74. The van der Waals surface area contributed by atoms with E-state index in [2.05, 4.69) is 78.3 Å². The number of aliphatic imine (C=N–C) groups is 1. The number of likely N-dealkylation sites (N-methyl/N-ethyl adjacent to an activating group) is 1. The van der Waals surface area contributed by atoms with E-state index in [1.807, 2.05) is 46.3 Å². The first-order valence-electron chi connectivity index (χ1n) is 16.0. The Morgan fingerprint density at radius 2 is 1.96 bits per heavy atom. The second-order valence-electron chi connectivity index (χ2n) is 11.3. The highest BCUT2D eigenvalue weighted by Crippen LogP contribution is 2.36. The Labute approximate surface area is 277 Å². The molecule has 2 heterocycles. The average molecular weight is 623 g/mol. The molecule has 0 amide bonds. The molecule has 8 heteroatoms. The summed E-state index contributed by atoms with van der Waals surface area (Å²) in [6, 6.07) is 2.03. The zero-order valence-corrected chi connectivity index (χ0v) is 28.7. The van der Waals surface area contributed by atoms with Crippen molar-refractivity contribution < 1.29 is 2.85 Å². The summed E-state index contributed by atoms with van der Waals surface area (Å²) in [7, 11) is 4.06. The van der Waals surface area contributed by atoms with Crippen molar-refractivity contribution in [2.75, 3.05) is 45.6 Å². The quantitative estimate of drug-likeness (QED) is 0.0492. The van der Waals surface area contributed by atoms with Gasteiger partial charge in [0.05, 0.1) is 28.5 Å². The normalized spacial score (nSPS) is 15.5. The van der Waals surface area contributed by atoms with Crippen molar-refractivity contribution in [2.24, 2.45) is 22.1 Å². The number of anilines is 1. The molecule has 0 fully saturated rings. The summed E-state index contributed by atoms with van der Waals surface area (Å²) in [5, 5.41) is 18.1. The maximum absolute atomic E-state index is 8.01. The van der Waals surface area contributed by atoms with Gasteiger partial charge in [-0.2, -0.15) is 0 Å². The minimum absolute atomic E-state index is 0. The third-order valence-corrected chi connectivity index (χ3v) is 7.84. The van der Waals surface area contributed by atoms with Crippen molar-refractivity contribution >= 4 is 23.3 Å². The van der Waals surface area contributed by atoms with Gasteiger partial charge in [0.15, 0.2) is 0 Å². The highest BCUT2D eigenvalue weighted by atomic mass is 15.1. The molecule has 2 atom stereocenters. The molecule has 0 bridgehead atoms. The van der Waals surface area contributed by atoms with Gasteiger partial charge < -0.3 is 32.0 Å². The third-order valence-electron chi connectivity index (χ3n) is 7.84. The number of aromatic nitrogens is 1. The molecule has 6 N–H and O–H groups in total. The van der Waals surface area contributed by atoms with Crippen LogP contribution in [0.2, 0.25) is 0 Å². The van der Waals surface area contributed by atoms with Crippen molar-refractivity contribution in [3.05, 3.63) is 77.4 Å². The zero-order chi connectivity index (χ0) is 33.1. The van der Waals surface area contributed by atoms with Crippen molar-refractivity contribution in [2.45, 2.75) is 81.1 Å². The smallest absolute Gasteiger partial charge is 0.0919 e. The number of hydrogen-bond acceptors (Lipinski definition) is 8. The average Bonchev–Trinajstić information content (AvgIpc) is 3.03. The number of hydrogen-bond donors (Lipinski definition) is 5. The van der Waals surface area contributed by atoms with Gasteiger partial charge in [0, 0.05) is 63.9 Å². The highest BCUT2D eigenvalue weighted by molar-refractivity contribution is 6.05. The molecule has 1 aromatic rings. The number of nitrogens with two attached hydrogens (primary N) is 1. The van der Waals surface area contributed by atoms with Gasteiger partial charge in [0.25, 0.3) is 0 Å². The first-order chi connectivity index (χ1) is 21.2. The van der Waals surface area contributed by atoms with Crippen LogP contribution in [0.25, 0.3) is 5.70 Å². The lowest BCUT2D eigenvalue weighted by Crippen LogP contribution is -2.36. The minimum Gasteiger partial charge on any atom is -0.404 e. The number of rotatable bonds is 18. The first-order valence-corrected chi connectivity index (χ1v) is 16.0. The molecule has 254 valence electrons. The largest absolute Gasteiger partial charge is 0.404 e. The van der Waals surface area contributed by atoms with Crippen LogP contribution in [0.1, 0.15) is 88.3 Å². The van der Waals surface area contributed by atoms with Crippen LogP contribution in [0.5, 0.6) is 0 Å². The Kier molecular flexibility index (Phi) is 20.1. The third kappa shape index (κ3) is 12.3. The molecular formula is C37H66N8. The van der Waals surface area contributed by atoms with Gasteiger partial charge in [-0.15, -0.1) is 11.5 Å². The second kappa shape index (κ2) is 21.9.